The molecular weight excluding hydrogens is 124 g/mol. The predicted octanol–water partition coefficient (Wildman–Crippen LogP) is 1.59. The van der Waals surface area contributed by atoms with Crippen LogP contribution < -0.4 is 0 Å². The van der Waals surface area contributed by atoms with Crippen LogP contribution in [0.4, 0.5) is 0 Å². The Labute approximate surface area is 63.1 Å². The lowest BCUT2D eigenvalue weighted by Crippen LogP contribution is -1.87. The Hall–Kier alpha value is -0.300. The van der Waals surface area contributed by atoms with E-state index in [0.717, 1.165) is 0 Å². The molecule has 0 spiro atoms. The molecule has 1 saturated carbocycles. The van der Waals surface area contributed by atoms with Gasteiger partial charge in [0.2, 0.25) is 0 Å². The molecule has 53 valence electrons. The van der Waals surface area contributed by atoms with Crippen LogP contribution in [0, 0.1) is 31.6 Å². The predicted molar refractivity (Wildman–Crippen MR) is 41.5 cm³/mol. The van der Waals surface area contributed by atoms with Gasteiger partial charge in [0.1, 0.15) is 0 Å². The summed E-state index contributed by atoms with van der Waals surface area (Å²) in [6.45, 7) is 0.686. The third-order valence-corrected chi connectivity index (χ3v) is 1.26. The highest BCUT2D eigenvalue weighted by molar-refractivity contribution is 5.41. The van der Waals surface area contributed by atoms with Crippen LogP contribution in [0.5, 0.6) is 0 Å². The zero-order valence-corrected chi connectivity index (χ0v) is 6.08. The summed E-state index contributed by atoms with van der Waals surface area (Å²) in [5, 5.41) is 0. The molecule has 1 heteroatoms. The lowest BCUT2D eigenvalue weighted by Gasteiger charge is -1.96. The Bertz CT molecular complexity index is 101. The first-order valence-corrected chi connectivity index (χ1v) is 3.30. The fraction of sp³-hybridized carbons (Fsp3) is 0.222. The highest BCUT2D eigenvalue weighted by atomic mass is 16.5. The summed E-state index contributed by atoms with van der Waals surface area (Å²) in [4.78, 5) is 0. The molecular formula is C9H11O. The number of allylic oxidation sites excluding steroid dienone is 1. The molecule has 1 rings (SSSR count). The Balaban J connectivity index is 2.10. The highest BCUT2D eigenvalue weighted by Crippen LogP contribution is 2.23. The Morgan fingerprint density at radius 2 is 2.10 bits per heavy atom. The minimum atomic E-state index is 0.686. The maximum absolute atomic E-state index is 4.85. The van der Waals surface area contributed by atoms with Crippen LogP contribution in [0.3, 0.4) is 0 Å². The number of hydrogen-bond donors (Lipinski definition) is 0. The van der Waals surface area contributed by atoms with Gasteiger partial charge < -0.3 is 4.74 Å². The Kier molecular flexibility index (Phi) is 3.52. The first-order chi connectivity index (χ1) is 4.93. The number of rotatable bonds is 3. The molecule has 0 aliphatic heterocycles. The topological polar surface area (TPSA) is 9.23 Å². The molecule has 1 aliphatic carbocycles. The second-order valence-electron chi connectivity index (χ2n) is 2.08. The molecule has 0 amide bonds. The molecule has 0 bridgehead atoms. The molecule has 0 saturated heterocycles. The van der Waals surface area contributed by atoms with E-state index < -0.39 is 0 Å². The summed E-state index contributed by atoms with van der Waals surface area (Å²) >= 11 is 0. The van der Waals surface area contributed by atoms with Crippen molar-refractivity contribution in [1.29, 1.82) is 0 Å². The second kappa shape index (κ2) is 4.51. The van der Waals surface area contributed by atoms with Crippen molar-refractivity contribution in [3.63, 3.8) is 0 Å². The zero-order valence-electron chi connectivity index (χ0n) is 6.08. The molecule has 0 aromatic heterocycles. The fourth-order valence-corrected chi connectivity index (χ4v) is 0.780. The van der Waals surface area contributed by atoms with E-state index in [-0.39, 0.29) is 0 Å². The minimum Gasteiger partial charge on any atom is -0.381 e. The number of hydrogen-bond acceptors (Lipinski definition) is 1. The molecule has 5 radical (unpaired) electrons. The van der Waals surface area contributed by atoms with Gasteiger partial charge >= 0.3 is 0 Å². The molecule has 1 fully saturated rings. The molecule has 0 N–H and O–H groups in total. The van der Waals surface area contributed by atoms with E-state index >= 15 is 0 Å². The zero-order chi connectivity index (χ0) is 7.23. The molecule has 10 heavy (non-hydrogen) atoms. The van der Waals surface area contributed by atoms with E-state index in [0.29, 0.717) is 6.61 Å². The highest BCUT2D eigenvalue weighted by Gasteiger charge is 2.12. The van der Waals surface area contributed by atoms with Gasteiger partial charge in [0.05, 0.1) is 6.61 Å². The Morgan fingerprint density at radius 1 is 1.40 bits per heavy atom. The van der Waals surface area contributed by atoms with E-state index in [1.165, 1.54) is 5.92 Å². The molecule has 1 aliphatic rings. The molecule has 0 atom stereocenters. The summed E-state index contributed by atoms with van der Waals surface area (Å²) in [5.41, 5.74) is 0. The minimum absolute atomic E-state index is 0.686. The van der Waals surface area contributed by atoms with Crippen LogP contribution in [-0.4, -0.2) is 13.7 Å². The smallest absolute Gasteiger partial charge is 0.0643 e. The number of ether oxygens (including phenoxy) is 1. The van der Waals surface area contributed by atoms with E-state index in [9.17, 15) is 0 Å². The van der Waals surface area contributed by atoms with E-state index in [2.05, 4.69) is 12.8 Å². The summed E-state index contributed by atoms with van der Waals surface area (Å²) in [6, 6.07) is 0. The van der Waals surface area contributed by atoms with Crippen molar-refractivity contribution in [1.82, 2.24) is 0 Å². The lowest BCUT2D eigenvalue weighted by molar-refractivity contribution is 0.234. The van der Waals surface area contributed by atoms with Gasteiger partial charge in [-0.25, -0.2) is 0 Å². The maximum Gasteiger partial charge on any atom is 0.0643 e. The van der Waals surface area contributed by atoms with E-state index in [4.69, 9.17) is 4.74 Å². The summed E-state index contributed by atoms with van der Waals surface area (Å²) < 4.78 is 4.85. The SMILES string of the molecule is COC/C=C/[C]1[CH][CH][CH][CH]1. The van der Waals surface area contributed by atoms with Gasteiger partial charge in [0.25, 0.3) is 0 Å². The number of methoxy groups -OCH3 is 1. The normalized spacial score (nSPS) is 20.9. The molecule has 0 aromatic rings. The van der Waals surface area contributed by atoms with Crippen LogP contribution >= 0.6 is 0 Å². The molecule has 0 aromatic carbocycles. The van der Waals surface area contributed by atoms with Crippen molar-refractivity contribution in [2.45, 2.75) is 0 Å². The van der Waals surface area contributed by atoms with Gasteiger partial charge in [-0.2, -0.15) is 0 Å². The van der Waals surface area contributed by atoms with Crippen LogP contribution in [0.15, 0.2) is 12.2 Å². The first kappa shape index (κ1) is 7.80. The standard InChI is InChI=1S/C9H11O/c1-10-8-4-7-9-5-2-3-6-9/h2-7H,8H2,1H3/b7-4+. The fourth-order valence-electron chi connectivity index (χ4n) is 0.780. The van der Waals surface area contributed by atoms with Crippen LogP contribution in [0.25, 0.3) is 0 Å². The third-order valence-electron chi connectivity index (χ3n) is 1.26. The van der Waals surface area contributed by atoms with E-state index in [1.54, 1.807) is 7.11 Å². The summed E-state index contributed by atoms with van der Waals surface area (Å²) in [5.74, 6) is 1.23. The quantitative estimate of drug-likeness (QED) is 0.571. The van der Waals surface area contributed by atoms with Gasteiger partial charge in [0, 0.05) is 13.0 Å². The van der Waals surface area contributed by atoms with E-state index in [1.807, 2.05) is 25.0 Å². The van der Waals surface area contributed by atoms with Gasteiger partial charge in [-0.05, 0) is 25.7 Å². The molecule has 0 heterocycles. The average molecular weight is 135 g/mol. The van der Waals surface area contributed by atoms with Crippen molar-refractivity contribution in [3.8, 4) is 0 Å². The van der Waals surface area contributed by atoms with Crippen molar-refractivity contribution >= 4 is 0 Å². The second-order valence-corrected chi connectivity index (χ2v) is 2.08. The molecule has 1 nitrogen and oxygen atoms in total. The average Bonchev–Trinajstić information content (AvgIpc) is 2.41. The first-order valence-electron chi connectivity index (χ1n) is 3.30. The van der Waals surface area contributed by atoms with Crippen molar-refractivity contribution in [2.75, 3.05) is 13.7 Å². The molecule has 0 unspecified atom stereocenters. The van der Waals surface area contributed by atoms with Crippen LogP contribution in [-0.2, 0) is 4.74 Å². The largest absolute Gasteiger partial charge is 0.381 e. The third kappa shape index (κ3) is 2.53. The van der Waals surface area contributed by atoms with Gasteiger partial charge in [0.15, 0.2) is 0 Å². The van der Waals surface area contributed by atoms with Crippen molar-refractivity contribution < 1.29 is 4.74 Å². The van der Waals surface area contributed by atoms with Crippen molar-refractivity contribution in [3.05, 3.63) is 43.8 Å². The monoisotopic (exact) mass is 135 g/mol. The van der Waals surface area contributed by atoms with Gasteiger partial charge in [-0.15, -0.1) is 0 Å². The van der Waals surface area contributed by atoms with Crippen LogP contribution in [0.2, 0.25) is 0 Å². The van der Waals surface area contributed by atoms with Crippen LogP contribution in [0.1, 0.15) is 0 Å². The lowest BCUT2D eigenvalue weighted by atomic mass is 10.1. The van der Waals surface area contributed by atoms with Gasteiger partial charge in [-0.1, -0.05) is 12.2 Å². The van der Waals surface area contributed by atoms with Gasteiger partial charge in [-0.3, -0.25) is 0 Å². The Morgan fingerprint density at radius 3 is 2.70 bits per heavy atom. The summed E-state index contributed by atoms with van der Waals surface area (Å²) in [7, 11) is 1.69. The maximum atomic E-state index is 4.85. The van der Waals surface area contributed by atoms with Crippen molar-refractivity contribution in [2.24, 2.45) is 0 Å². The summed E-state index contributed by atoms with van der Waals surface area (Å²) in [6.07, 6.45) is 12.2.